The van der Waals surface area contributed by atoms with Gasteiger partial charge in [-0.05, 0) is 139 Å². The zero-order valence-electron chi connectivity index (χ0n) is 46.3. The first-order valence-electron chi connectivity index (χ1n) is 26.6. The molecule has 0 heterocycles. The highest BCUT2D eigenvalue weighted by molar-refractivity contribution is 7.92. The maximum absolute atomic E-state index is 11.5. The van der Waals surface area contributed by atoms with Crippen molar-refractivity contribution in [2.24, 2.45) is 17.2 Å². The molecule has 0 fully saturated rings. The summed E-state index contributed by atoms with van der Waals surface area (Å²) < 4.78 is 51.1. The van der Waals surface area contributed by atoms with Crippen LogP contribution in [-0.2, 0) is 58.5 Å². The summed E-state index contributed by atoms with van der Waals surface area (Å²) in [5.74, 6) is -1.15. The van der Waals surface area contributed by atoms with Crippen molar-refractivity contribution >= 4 is 60.7 Å². The minimum atomic E-state index is -3.36. The highest BCUT2D eigenvalue weighted by atomic mass is 32.2. The van der Waals surface area contributed by atoms with Gasteiger partial charge in [-0.3, -0.25) is 28.6 Å². The summed E-state index contributed by atoms with van der Waals surface area (Å²) in [5.41, 5.74) is 33.0. The van der Waals surface area contributed by atoms with Crippen molar-refractivity contribution in [1.82, 2.24) is 0 Å². The predicted octanol–water partition coefficient (Wildman–Crippen LogP) is 12.0. The molecule has 14 nitrogen and oxygen atoms in total. The minimum Gasteiger partial charge on any atom is -0.370 e. The Labute approximate surface area is 485 Å². The number of amides is 4. The van der Waals surface area contributed by atoms with E-state index in [0.717, 1.165) is 102 Å². The van der Waals surface area contributed by atoms with Gasteiger partial charge in [0.15, 0.2) is 0 Å². The highest BCUT2D eigenvalue weighted by Gasteiger charge is 2.15. The topological polar surface area (TPSA) is 251 Å². The average molecular weight is 1150 g/mol. The summed E-state index contributed by atoms with van der Waals surface area (Å²) in [4.78, 5) is 45.3. The number of anilines is 3. The van der Waals surface area contributed by atoms with Crippen LogP contribution < -0.4 is 32.0 Å². The van der Waals surface area contributed by atoms with Gasteiger partial charge in [-0.1, -0.05) is 182 Å². The molecule has 16 heteroatoms. The van der Waals surface area contributed by atoms with Crippen LogP contribution in [0.15, 0.2) is 218 Å². The molecule has 0 aliphatic rings. The fourth-order valence-corrected chi connectivity index (χ4v) is 10.5. The van der Waals surface area contributed by atoms with Crippen molar-refractivity contribution < 1.29 is 36.0 Å². The summed E-state index contributed by atoms with van der Waals surface area (Å²) in [7, 11) is -6.72. The lowest BCUT2D eigenvalue weighted by Crippen LogP contribution is -2.11. The van der Waals surface area contributed by atoms with Crippen LogP contribution in [-0.4, -0.2) is 53.0 Å². The molecule has 0 bridgehead atoms. The monoisotopic (exact) mass is 1150 g/mol. The number of rotatable bonds is 20. The van der Waals surface area contributed by atoms with Gasteiger partial charge < -0.3 is 22.5 Å². The number of hydrogen-bond acceptors (Lipinski definition) is 8. The normalized spacial score (nSPS) is 10.9. The van der Waals surface area contributed by atoms with E-state index in [1.807, 2.05) is 140 Å². The van der Waals surface area contributed by atoms with E-state index >= 15 is 0 Å². The first-order chi connectivity index (χ1) is 39.7. The first kappa shape index (κ1) is 61.0. The molecule has 0 saturated carbocycles. The van der Waals surface area contributed by atoms with E-state index in [-0.39, 0.29) is 42.9 Å². The van der Waals surface area contributed by atoms with Crippen LogP contribution in [0, 0.1) is 0 Å². The molecule has 0 aliphatic carbocycles. The third-order valence-corrected chi connectivity index (χ3v) is 14.2. The molecule has 9 rings (SSSR count). The van der Waals surface area contributed by atoms with Crippen molar-refractivity contribution in [3.63, 3.8) is 0 Å². The van der Waals surface area contributed by atoms with E-state index in [0.29, 0.717) is 30.6 Å². The van der Waals surface area contributed by atoms with E-state index in [2.05, 4.69) is 57.2 Å². The van der Waals surface area contributed by atoms with E-state index in [9.17, 15) is 36.0 Å². The molecule has 9 N–H and O–H groups in total. The number of primary amides is 3. The highest BCUT2D eigenvalue weighted by Crippen LogP contribution is 2.35. The second kappa shape index (κ2) is 28.7. The Morgan fingerprint density at radius 3 is 0.892 bits per heavy atom. The van der Waals surface area contributed by atoms with Crippen LogP contribution in [0.4, 0.5) is 17.1 Å². The minimum absolute atomic E-state index is 0.111. The Balaban J connectivity index is 0.000000179. The zero-order chi connectivity index (χ0) is 59.5. The Morgan fingerprint density at radius 2 is 0.614 bits per heavy atom. The molecular weight excluding hydrogens is 1080 g/mol. The average Bonchev–Trinajstić information content (AvgIpc) is 3.63. The molecule has 0 radical (unpaired) electrons. The number of carbonyl (C=O) groups excluding carboxylic acids is 4. The van der Waals surface area contributed by atoms with E-state index < -0.39 is 20.0 Å². The quantitative estimate of drug-likeness (QED) is 0.0427. The first-order valence-corrected chi connectivity index (χ1v) is 30.4. The lowest BCUT2D eigenvalue weighted by Gasteiger charge is -2.13. The maximum atomic E-state index is 11.5. The van der Waals surface area contributed by atoms with Crippen LogP contribution in [0.3, 0.4) is 0 Å². The Bertz CT molecular complexity index is 3790. The van der Waals surface area contributed by atoms with Crippen molar-refractivity contribution in [2.45, 2.75) is 45.4 Å². The molecule has 4 amide bonds. The molecular formula is C67H66N6O8S2. The molecule has 0 atom stereocenters. The summed E-state index contributed by atoms with van der Waals surface area (Å²) >= 11 is 0. The number of benzene rings is 9. The molecule has 83 heavy (non-hydrogen) atoms. The van der Waals surface area contributed by atoms with Crippen LogP contribution in [0.5, 0.6) is 0 Å². The Hall–Kier alpha value is -9.64. The fraction of sp³-hybridized carbons (Fsp3) is 0.134. The molecule has 0 aliphatic heterocycles. The lowest BCUT2D eigenvalue weighted by molar-refractivity contribution is -0.118. The standard InChI is InChI=1S/C23H22N2O2.2C22H22N2O3S/c1-16(26)25-21-9-5-8-19(15-21)22-12-10-18(17-6-3-2-4-7-17)14-20(22)11-13-23(24)27;2*1-28(26,27)24-20-9-5-8-18(15-20)21-12-10-17(16-6-3-2-4-7-16)14-19(21)11-13-22(23)25/h2-10,12,14-15H,11,13H2,1H3,(H2,24,27)(H,25,26);2*2-10,12,14-15,24H,11,13H2,1H3,(H2,23,25). The van der Waals surface area contributed by atoms with E-state index in [4.69, 9.17) is 17.2 Å². The number of carbonyl (C=O) groups is 4. The fourth-order valence-electron chi connectivity index (χ4n) is 9.35. The van der Waals surface area contributed by atoms with Crippen LogP contribution in [0.25, 0.3) is 66.8 Å². The van der Waals surface area contributed by atoms with Gasteiger partial charge in [-0.2, -0.15) is 0 Å². The number of hydrogen-bond donors (Lipinski definition) is 6. The van der Waals surface area contributed by atoms with Crippen molar-refractivity contribution in [3.8, 4) is 66.8 Å². The van der Waals surface area contributed by atoms with Gasteiger partial charge in [0.25, 0.3) is 0 Å². The number of nitrogens with two attached hydrogens (primary N) is 3. The number of sulfonamides is 2. The van der Waals surface area contributed by atoms with Gasteiger partial charge in [-0.25, -0.2) is 16.8 Å². The largest absolute Gasteiger partial charge is 0.370 e. The molecule has 0 saturated heterocycles. The van der Waals surface area contributed by atoms with Gasteiger partial charge in [0.1, 0.15) is 0 Å². The Kier molecular flexibility index (Phi) is 21.1. The molecule has 0 spiro atoms. The van der Waals surface area contributed by atoms with Gasteiger partial charge >= 0.3 is 0 Å². The van der Waals surface area contributed by atoms with Gasteiger partial charge in [-0.15, -0.1) is 0 Å². The second-order valence-electron chi connectivity index (χ2n) is 19.8. The third-order valence-electron chi connectivity index (χ3n) is 13.0. The van der Waals surface area contributed by atoms with Gasteiger partial charge in [0, 0.05) is 43.2 Å². The second-order valence-corrected chi connectivity index (χ2v) is 23.3. The molecule has 424 valence electrons. The van der Waals surface area contributed by atoms with E-state index in [1.54, 1.807) is 36.4 Å². The predicted molar refractivity (Wildman–Crippen MR) is 336 cm³/mol. The summed E-state index contributed by atoms with van der Waals surface area (Å²) in [6, 6.07) is 70.6. The van der Waals surface area contributed by atoms with Crippen molar-refractivity contribution in [1.29, 1.82) is 0 Å². The lowest BCUT2D eigenvalue weighted by atomic mass is 9.92. The maximum Gasteiger partial charge on any atom is 0.229 e. The van der Waals surface area contributed by atoms with Crippen LogP contribution >= 0.6 is 0 Å². The molecule has 0 aromatic heterocycles. The molecule has 9 aromatic rings. The van der Waals surface area contributed by atoms with E-state index in [1.165, 1.54) is 6.92 Å². The SMILES string of the molecule is CC(=O)Nc1cccc(-c2ccc(-c3ccccc3)cc2CCC(N)=O)c1.CS(=O)(=O)Nc1cccc(-c2ccc(-c3ccccc3)cc2CCC(N)=O)c1.CS(=O)(=O)Nc1cccc(-c2ccc(-c3ccccc3)cc2CCC(N)=O)c1. The Morgan fingerprint density at radius 1 is 0.337 bits per heavy atom. The summed E-state index contributed by atoms with van der Waals surface area (Å²) in [6.45, 7) is 1.49. The summed E-state index contributed by atoms with van der Waals surface area (Å²) in [6.07, 6.45) is 4.59. The summed E-state index contributed by atoms with van der Waals surface area (Å²) in [5, 5.41) is 2.81. The van der Waals surface area contributed by atoms with Crippen LogP contribution in [0.1, 0.15) is 42.9 Å². The van der Waals surface area contributed by atoms with Crippen molar-refractivity contribution in [2.75, 3.05) is 27.3 Å². The van der Waals surface area contributed by atoms with Crippen LogP contribution in [0.2, 0.25) is 0 Å². The molecule has 0 unspecified atom stereocenters. The number of nitrogens with one attached hydrogen (secondary N) is 3. The third kappa shape index (κ3) is 19.3. The van der Waals surface area contributed by atoms with Crippen molar-refractivity contribution in [3.05, 3.63) is 235 Å². The van der Waals surface area contributed by atoms with Gasteiger partial charge in [0.2, 0.25) is 43.7 Å². The van der Waals surface area contributed by atoms with Gasteiger partial charge in [0.05, 0.1) is 12.5 Å². The smallest absolute Gasteiger partial charge is 0.229 e. The molecule has 9 aromatic carbocycles. The zero-order valence-corrected chi connectivity index (χ0v) is 48.0. The number of aryl methyl sites for hydroxylation is 3.